The van der Waals surface area contributed by atoms with Crippen LogP contribution in [0.15, 0.2) is 48.5 Å². The molecule has 1 aliphatic carbocycles. The molecule has 1 aliphatic rings. The first-order valence-corrected chi connectivity index (χ1v) is 8.95. The van der Waals surface area contributed by atoms with Gasteiger partial charge in [0.05, 0.1) is 30.0 Å². The first kappa shape index (κ1) is 16.2. The lowest BCUT2D eigenvalue weighted by molar-refractivity contribution is -0.0118. The molecule has 4 rings (SSSR count). The Morgan fingerprint density at radius 2 is 1.80 bits per heavy atom. The highest BCUT2D eigenvalue weighted by Gasteiger charge is 2.19. The fraction of sp³-hybridized carbons (Fsp3) is 0.333. The molecule has 3 aromatic rings. The van der Waals surface area contributed by atoms with Crippen molar-refractivity contribution in [2.75, 3.05) is 5.73 Å². The Hall–Kier alpha value is -2.30. The Morgan fingerprint density at radius 1 is 1.04 bits per heavy atom. The molecular weight excluding hydrogens is 312 g/mol. The molecule has 1 fully saturated rings. The highest BCUT2D eigenvalue weighted by Crippen LogP contribution is 2.29. The van der Waals surface area contributed by atoms with E-state index in [0.717, 1.165) is 59.1 Å². The van der Waals surface area contributed by atoms with E-state index in [1.54, 1.807) is 0 Å². The molecule has 0 spiro atoms. The van der Waals surface area contributed by atoms with Gasteiger partial charge in [-0.2, -0.15) is 0 Å². The summed E-state index contributed by atoms with van der Waals surface area (Å²) in [5.41, 5.74) is 11.3. The first-order valence-electron chi connectivity index (χ1n) is 8.95. The molecule has 130 valence electrons. The molecule has 1 saturated carbocycles. The number of nitrogens with one attached hydrogen (secondary N) is 1. The summed E-state index contributed by atoms with van der Waals surface area (Å²) in [6.07, 6.45) is 3.63. The van der Waals surface area contributed by atoms with Crippen molar-refractivity contribution in [3.05, 3.63) is 54.1 Å². The molecule has 2 aromatic carbocycles. The molecule has 4 N–H and O–H groups in total. The summed E-state index contributed by atoms with van der Waals surface area (Å²) in [7, 11) is 0. The van der Waals surface area contributed by atoms with Gasteiger partial charge in [-0.15, -0.1) is 0 Å². The molecule has 0 amide bonds. The third-order valence-electron chi connectivity index (χ3n) is 5.03. The number of anilines is 1. The van der Waals surface area contributed by atoms with Crippen molar-refractivity contribution in [1.82, 2.24) is 4.98 Å². The Bertz CT molecular complexity index is 849. The normalized spacial score (nSPS) is 20.8. The third-order valence-corrected chi connectivity index (χ3v) is 5.03. The Morgan fingerprint density at radius 3 is 2.56 bits per heavy atom. The predicted molar refractivity (Wildman–Crippen MR) is 101 cm³/mol. The number of aliphatic hydroxyl groups is 1. The van der Waals surface area contributed by atoms with Crippen LogP contribution >= 0.6 is 0 Å². The summed E-state index contributed by atoms with van der Waals surface area (Å²) in [5.74, 6) is 0. The van der Waals surface area contributed by atoms with E-state index in [9.17, 15) is 5.11 Å². The zero-order chi connectivity index (χ0) is 17.2. The maximum atomic E-state index is 9.59. The molecule has 0 bridgehead atoms. The zero-order valence-electron chi connectivity index (χ0n) is 14.2. The largest absolute Gasteiger partial charge is 0.397 e. The number of ether oxygens (including phenoxy) is 1. The van der Waals surface area contributed by atoms with Gasteiger partial charge >= 0.3 is 0 Å². The lowest BCUT2D eigenvalue weighted by Gasteiger charge is -2.25. The van der Waals surface area contributed by atoms with Crippen molar-refractivity contribution >= 4 is 16.6 Å². The fourth-order valence-electron chi connectivity index (χ4n) is 3.62. The summed E-state index contributed by atoms with van der Waals surface area (Å²) in [6.45, 7) is 0.562. The van der Waals surface area contributed by atoms with Crippen molar-refractivity contribution < 1.29 is 9.84 Å². The number of aromatic nitrogens is 1. The summed E-state index contributed by atoms with van der Waals surface area (Å²) in [6, 6.07) is 16.5. The van der Waals surface area contributed by atoms with Crippen LogP contribution in [0.5, 0.6) is 0 Å². The quantitative estimate of drug-likeness (QED) is 0.624. The average Bonchev–Trinajstić information content (AvgIpc) is 3.07. The molecule has 25 heavy (non-hydrogen) atoms. The minimum atomic E-state index is -0.150. The summed E-state index contributed by atoms with van der Waals surface area (Å²) < 4.78 is 6.04. The minimum absolute atomic E-state index is 0.150. The molecule has 1 aromatic heterocycles. The molecule has 0 radical (unpaired) electrons. The molecule has 0 saturated heterocycles. The van der Waals surface area contributed by atoms with Gasteiger partial charge in [0, 0.05) is 11.1 Å². The van der Waals surface area contributed by atoms with Crippen LogP contribution in [0.4, 0.5) is 5.69 Å². The first-order chi connectivity index (χ1) is 12.2. The number of hydrogen-bond acceptors (Lipinski definition) is 3. The third kappa shape index (κ3) is 3.55. The van der Waals surface area contributed by atoms with E-state index in [0.29, 0.717) is 6.61 Å². The molecule has 1 heterocycles. The van der Waals surface area contributed by atoms with Crippen LogP contribution in [0, 0.1) is 0 Å². The number of fused-ring (bicyclic) bond motifs is 1. The molecular formula is C21H24N2O2. The van der Waals surface area contributed by atoms with E-state index in [4.69, 9.17) is 10.5 Å². The van der Waals surface area contributed by atoms with Crippen LogP contribution in [0.2, 0.25) is 0 Å². The van der Waals surface area contributed by atoms with Crippen LogP contribution in [-0.2, 0) is 11.3 Å². The standard InChI is InChI=1S/C21H24N2O2/c22-19-11-14(13-25-18-8-6-17(24)7-9-18)10-16-12-20(23-21(16)19)15-4-2-1-3-5-15/h1-5,10-12,17-18,23-24H,6-9,13,22H2. The number of nitrogen functional groups attached to an aromatic ring is 1. The number of aliphatic hydroxyl groups excluding tert-OH is 1. The number of nitrogens with two attached hydrogens (primary N) is 1. The molecule has 4 heteroatoms. The van der Waals surface area contributed by atoms with E-state index in [1.165, 1.54) is 0 Å². The van der Waals surface area contributed by atoms with Crippen LogP contribution in [0.3, 0.4) is 0 Å². The molecule has 0 unspecified atom stereocenters. The summed E-state index contributed by atoms with van der Waals surface area (Å²) in [4.78, 5) is 3.42. The lowest BCUT2D eigenvalue weighted by atomic mass is 9.95. The van der Waals surface area contributed by atoms with Gasteiger partial charge in [0.2, 0.25) is 0 Å². The van der Waals surface area contributed by atoms with Crippen molar-refractivity contribution in [1.29, 1.82) is 0 Å². The lowest BCUT2D eigenvalue weighted by Crippen LogP contribution is -2.24. The number of aromatic amines is 1. The number of rotatable bonds is 4. The Kier molecular flexibility index (Phi) is 4.47. The number of hydrogen-bond donors (Lipinski definition) is 3. The second-order valence-electron chi connectivity index (χ2n) is 6.94. The topological polar surface area (TPSA) is 71.3 Å². The zero-order valence-corrected chi connectivity index (χ0v) is 14.2. The Balaban J connectivity index is 1.53. The summed E-state index contributed by atoms with van der Waals surface area (Å²) >= 11 is 0. The van der Waals surface area contributed by atoms with Gasteiger partial charge in [-0.1, -0.05) is 30.3 Å². The SMILES string of the molecule is Nc1cc(COC2CCC(O)CC2)cc2cc(-c3ccccc3)[nH]c12. The van der Waals surface area contributed by atoms with Gasteiger partial charge in [0.1, 0.15) is 0 Å². The highest BCUT2D eigenvalue weighted by molar-refractivity contribution is 5.94. The van der Waals surface area contributed by atoms with Crippen LogP contribution in [-0.4, -0.2) is 22.3 Å². The van der Waals surface area contributed by atoms with Gasteiger partial charge in [0.25, 0.3) is 0 Å². The van der Waals surface area contributed by atoms with E-state index < -0.39 is 0 Å². The second-order valence-corrected chi connectivity index (χ2v) is 6.94. The van der Waals surface area contributed by atoms with Crippen LogP contribution in [0.25, 0.3) is 22.2 Å². The Labute approximate surface area is 147 Å². The van der Waals surface area contributed by atoms with Crippen LogP contribution < -0.4 is 5.73 Å². The van der Waals surface area contributed by atoms with Crippen molar-refractivity contribution in [3.8, 4) is 11.3 Å². The predicted octanol–water partition coefficient (Wildman–Crippen LogP) is 4.24. The molecule has 4 nitrogen and oxygen atoms in total. The van der Waals surface area contributed by atoms with Gasteiger partial charge in [-0.25, -0.2) is 0 Å². The van der Waals surface area contributed by atoms with E-state index in [-0.39, 0.29) is 12.2 Å². The minimum Gasteiger partial charge on any atom is -0.397 e. The van der Waals surface area contributed by atoms with Crippen molar-refractivity contribution in [2.24, 2.45) is 0 Å². The number of H-pyrrole nitrogens is 1. The van der Waals surface area contributed by atoms with Gasteiger partial charge in [-0.05, 0) is 55.0 Å². The van der Waals surface area contributed by atoms with Gasteiger partial charge in [0.15, 0.2) is 0 Å². The van der Waals surface area contributed by atoms with E-state index >= 15 is 0 Å². The molecule has 0 atom stereocenters. The average molecular weight is 336 g/mol. The van der Waals surface area contributed by atoms with Crippen LogP contribution in [0.1, 0.15) is 31.2 Å². The van der Waals surface area contributed by atoms with Gasteiger partial charge in [-0.3, -0.25) is 0 Å². The second kappa shape index (κ2) is 6.90. The van der Waals surface area contributed by atoms with Crippen molar-refractivity contribution in [3.63, 3.8) is 0 Å². The fourth-order valence-corrected chi connectivity index (χ4v) is 3.62. The van der Waals surface area contributed by atoms with Gasteiger partial charge < -0.3 is 20.6 Å². The highest BCUT2D eigenvalue weighted by atomic mass is 16.5. The summed E-state index contributed by atoms with van der Waals surface area (Å²) in [5, 5.41) is 10.7. The maximum absolute atomic E-state index is 9.59. The maximum Gasteiger partial charge on any atom is 0.0721 e. The van der Waals surface area contributed by atoms with E-state index in [1.807, 2.05) is 24.3 Å². The number of benzene rings is 2. The van der Waals surface area contributed by atoms with E-state index in [2.05, 4.69) is 29.2 Å². The smallest absolute Gasteiger partial charge is 0.0721 e. The monoisotopic (exact) mass is 336 g/mol. The van der Waals surface area contributed by atoms with Crippen molar-refractivity contribution in [2.45, 2.75) is 44.5 Å². The molecule has 0 aliphatic heterocycles.